The Labute approximate surface area is 138 Å². The molecule has 24 heavy (non-hydrogen) atoms. The predicted molar refractivity (Wildman–Crippen MR) is 86.7 cm³/mol. The second kappa shape index (κ2) is 6.05. The Kier molecular flexibility index (Phi) is 3.74. The first-order valence-corrected chi connectivity index (χ1v) is 7.79. The van der Waals surface area contributed by atoms with E-state index in [1.165, 1.54) is 6.26 Å². The molecule has 2 N–H and O–H groups in total. The molecule has 2 aliphatic rings. The van der Waals surface area contributed by atoms with Gasteiger partial charge in [-0.25, -0.2) is 14.4 Å². The lowest BCUT2D eigenvalue weighted by Gasteiger charge is -2.17. The number of aromatic nitrogens is 2. The van der Waals surface area contributed by atoms with E-state index in [-0.39, 0.29) is 11.8 Å². The largest absolute Gasteiger partial charge is 0.479 e. The van der Waals surface area contributed by atoms with Gasteiger partial charge < -0.3 is 9.47 Å². The zero-order valence-corrected chi connectivity index (χ0v) is 12.9. The molecular formula is C18H16FN3O2. The number of nitrogens with two attached hydrogens (primary N) is 1. The van der Waals surface area contributed by atoms with Crippen LogP contribution in [0.3, 0.4) is 0 Å². The van der Waals surface area contributed by atoms with E-state index in [0.717, 1.165) is 18.4 Å². The molecule has 6 heteroatoms. The van der Waals surface area contributed by atoms with E-state index in [0.29, 0.717) is 17.1 Å². The minimum atomic E-state index is -0.504. The van der Waals surface area contributed by atoms with Crippen LogP contribution in [0.1, 0.15) is 29.9 Å². The minimum Gasteiger partial charge on any atom is -0.479 e. The molecule has 1 fully saturated rings. The van der Waals surface area contributed by atoms with Gasteiger partial charge in [-0.3, -0.25) is 5.73 Å². The summed E-state index contributed by atoms with van der Waals surface area (Å²) >= 11 is 0. The standard InChI is InChI=1S/C18H16FN3O2/c19-16-13(12-4-7-15(20)23-10-12)5-6-14(11-2-3-11)17(16)24-18-21-8-1-9-22-18/h1,4-11,15H,2-3,20H2. The number of benzene rings is 1. The van der Waals surface area contributed by atoms with Gasteiger partial charge in [-0.2, -0.15) is 0 Å². The van der Waals surface area contributed by atoms with Crippen LogP contribution in [-0.2, 0) is 4.74 Å². The fourth-order valence-electron chi connectivity index (χ4n) is 2.63. The van der Waals surface area contributed by atoms with Crippen LogP contribution in [0.5, 0.6) is 11.8 Å². The molecule has 122 valence electrons. The smallest absolute Gasteiger partial charge is 0.321 e. The van der Waals surface area contributed by atoms with Crippen molar-refractivity contribution in [1.29, 1.82) is 0 Å². The van der Waals surface area contributed by atoms with Gasteiger partial charge in [0.05, 0.1) is 6.26 Å². The molecule has 1 unspecified atom stereocenters. The van der Waals surface area contributed by atoms with E-state index < -0.39 is 12.0 Å². The summed E-state index contributed by atoms with van der Waals surface area (Å²) in [5.41, 5.74) is 7.48. The van der Waals surface area contributed by atoms with Gasteiger partial charge in [-0.15, -0.1) is 0 Å². The number of hydrogen-bond donors (Lipinski definition) is 1. The van der Waals surface area contributed by atoms with Crippen LogP contribution < -0.4 is 10.5 Å². The van der Waals surface area contributed by atoms with Crippen molar-refractivity contribution in [2.45, 2.75) is 25.0 Å². The Morgan fingerprint density at radius 3 is 2.67 bits per heavy atom. The highest BCUT2D eigenvalue weighted by Crippen LogP contribution is 2.47. The number of halogens is 1. The van der Waals surface area contributed by atoms with Crippen LogP contribution in [0.2, 0.25) is 0 Å². The normalized spacial score (nSPS) is 19.6. The molecule has 1 aromatic carbocycles. The fraction of sp³-hybridized carbons (Fsp3) is 0.222. The number of hydrogen-bond acceptors (Lipinski definition) is 5. The molecule has 5 nitrogen and oxygen atoms in total. The Hall–Kier alpha value is -2.73. The Morgan fingerprint density at radius 2 is 2.00 bits per heavy atom. The zero-order valence-electron chi connectivity index (χ0n) is 12.9. The van der Waals surface area contributed by atoms with Gasteiger partial charge in [-0.1, -0.05) is 18.2 Å². The lowest BCUT2D eigenvalue weighted by molar-refractivity contribution is 0.191. The van der Waals surface area contributed by atoms with Crippen molar-refractivity contribution in [1.82, 2.24) is 9.97 Å². The average Bonchev–Trinajstić information content (AvgIpc) is 3.43. The molecule has 0 bridgehead atoms. The van der Waals surface area contributed by atoms with Crippen molar-refractivity contribution in [2.24, 2.45) is 5.73 Å². The third-order valence-electron chi connectivity index (χ3n) is 4.01. The highest BCUT2D eigenvalue weighted by Gasteiger charge is 2.30. The van der Waals surface area contributed by atoms with Gasteiger partial charge in [0.15, 0.2) is 17.8 Å². The molecule has 1 aliphatic heterocycles. The van der Waals surface area contributed by atoms with Crippen LogP contribution in [0, 0.1) is 5.82 Å². The van der Waals surface area contributed by atoms with Crippen molar-refractivity contribution in [3.63, 3.8) is 0 Å². The van der Waals surface area contributed by atoms with Crippen molar-refractivity contribution in [3.8, 4) is 11.8 Å². The monoisotopic (exact) mass is 325 g/mol. The lowest BCUT2D eigenvalue weighted by atomic mass is 10.00. The molecule has 1 atom stereocenters. The molecule has 1 saturated carbocycles. The lowest BCUT2D eigenvalue weighted by Crippen LogP contribution is -2.20. The second-order valence-electron chi connectivity index (χ2n) is 5.79. The van der Waals surface area contributed by atoms with E-state index in [1.54, 1.807) is 36.7 Å². The van der Waals surface area contributed by atoms with Crippen LogP contribution in [0.4, 0.5) is 4.39 Å². The highest BCUT2D eigenvalue weighted by atomic mass is 19.1. The van der Waals surface area contributed by atoms with Crippen LogP contribution in [0.25, 0.3) is 5.57 Å². The summed E-state index contributed by atoms with van der Waals surface area (Å²) in [6, 6.07) is 5.46. The topological polar surface area (TPSA) is 70.3 Å². The molecular weight excluding hydrogens is 309 g/mol. The highest BCUT2D eigenvalue weighted by molar-refractivity contribution is 5.76. The molecule has 0 spiro atoms. The van der Waals surface area contributed by atoms with E-state index in [9.17, 15) is 0 Å². The molecule has 2 heterocycles. The van der Waals surface area contributed by atoms with Crippen LogP contribution >= 0.6 is 0 Å². The van der Waals surface area contributed by atoms with Crippen molar-refractivity contribution in [3.05, 3.63) is 66.0 Å². The van der Waals surface area contributed by atoms with Crippen molar-refractivity contribution in [2.75, 3.05) is 0 Å². The molecule has 2 aromatic rings. The fourth-order valence-corrected chi connectivity index (χ4v) is 2.63. The van der Waals surface area contributed by atoms with Crippen molar-refractivity contribution >= 4 is 5.57 Å². The van der Waals surface area contributed by atoms with Gasteiger partial charge in [0, 0.05) is 29.1 Å². The van der Waals surface area contributed by atoms with E-state index in [4.69, 9.17) is 15.2 Å². The first-order chi connectivity index (χ1) is 11.7. The SMILES string of the molecule is NC1C=CC(c2ccc(C3CC3)c(Oc3ncccn3)c2F)=CO1. The number of allylic oxidation sites excluding steroid dienone is 2. The summed E-state index contributed by atoms with van der Waals surface area (Å²) in [5, 5.41) is 0. The molecule has 0 radical (unpaired) electrons. The van der Waals surface area contributed by atoms with E-state index in [1.807, 2.05) is 6.07 Å². The zero-order chi connectivity index (χ0) is 16.5. The average molecular weight is 325 g/mol. The maximum Gasteiger partial charge on any atom is 0.321 e. The minimum absolute atomic E-state index is 0.127. The van der Waals surface area contributed by atoms with Gasteiger partial charge >= 0.3 is 6.01 Å². The molecule has 1 aliphatic carbocycles. The second-order valence-corrected chi connectivity index (χ2v) is 5.79. The predicted octanol–water partition coefficient (Wildman–Crippen LogP) is 3.50. The Bertz CT molecular complexity index is 817. The third kappa shape index (κ3) is 2.88. The third-order valence-corrected chi connectivity index (χ3v) is 4.01. The van der Waals surface area contributed by atoms with Gasteiger partial charge in [-0.05, 0) is 30.9 Å². The molecule has 1 aromatic heterocycles. The van der Waals surface area contributed by atoms with E-state index >= 15 is 4.39 Å². The van der Waals surface area contributed by atoms with E-state index in [2.05, 4.69) is 9.97 Å². The summed E-state index contributed by atoms with van der Waals surface area (Å²) in [6.07, 6.45) is 9.55. The summed E-state index contributed by atoms with van der Waals surface area (Å²) in [5.74, 6) is 0.0695. The first-order valence-electron chi connectivity index (χ1n) is 7.79. The number of ether oxygens (including phenoxy) is 2. The van der Waals surface area contributed by atoms with Gasteiger partial charge in [0.1, 0.15) is 0 Å². The van der Waals surface area contributed by atoms with Crippen molar-refractivity contribution < 1.29 is 13.9 Å². The number of rotatable bonds is 4. The van der Waals surface area contributed by atoms with Crippen LogP contribution in [-0.4, -0.2) is 16.2 Å². The quantitative estimate of drug-likeness (QED) is 0.931. The molecule has 0 saturated heterocycles. The van der Waals surface area contributed by atoms with Gasteiger partial charge in [0.2, 0.25) is 0 Å². The Morgan fingerprint density at radius 1 is 1.21 bits per heavy atom. The molecule has 0 amide bonds. The summed E-state index contributed by atoms with van der Waals surface area (Å²) in [6.45, 7) is 0. The first kappa shape index (κ1) is 14.8. The van der Waals surface area contributed by atoms with Gasteiger partial charge in [0.25, 0.3) is 0 Å². The number of nitrogens with zero attached hydrogens (tertiary/aromatic N) is 2. The maximum atomic E-state index is 15.1. The summed E-state index contributed by atoms with van der Waals surface area (Å²) in [4.78, 5) is 8.04. The maximum absolute atomic E-state index is 15.1. The van der Waals surface area contributed by atoms with Crippen LogP contribution in [0.15, 0.2) is 49.0 Å². The molecule has 4 rings (SSSR count). The summed E-state index contributed by atoms with van der Waals surface area (Å²) in [7, 11) is 0. The Balaban J connectivity index is 1.75. The summed E-state index contributed by atoms with van der Waals surface area (Å²) < 4.78 is 26.1.